The largest absolute Gasteiger partial charge is 0.439 e. The molecular weight excluding hydrogens is 394 g/mol. The Bertz CT molecular complexity index is 1680. The van der Waals surface area contributed by atoms with Gasteiger partial charge < -0.3 is 4.74 Å². The number of aromatic nitrogens is 3. The van der Waals surface area contributed by atoms with Crippen LogP contribution in [0.2, 0.25) is 0 Å². The Morgan fingerprint density at radius 2 is 1.56 bits per heavy atom. The molecule has 0 unspecified atom stereocenters. The zero-order valence-electron chi connectivity index (χ0n) is 19.1. The van der Waals surface area contributed by atoms with Crippen molar-refractivity contribution in [2.45, 2.75) is 0 Å². The molecule has 0 atom stereocenters. The van der Waals surface area contributed by atoms with E-state index in [-0.39, 0.29) is 6.17 Å². The third-order valence-corrected chi connectivity index (χ3v) is 5.47. The minimum atomic E-state index is 0.164. The van der Waals surface area contributed by atoms with Crippen LogP contribution in [0.25, 0.3) is 38.8 Å². The summed E-state index contributed by atoms with van der Waals surface area (Å²) in [6.45, 7) is 0. The number of benzene rings is 3. The van der Waals surface area contributed by atoms with Crippen molar-refractivity contribution in [2.24, 2.45) is 0 Å². The lowest BCUT2D eigenvalue weighted by Crippen LogP contribution is -1.96. The maximum atomic E-state index is 8.08. The van der Waals surface area contributed by atoms with Crippen molar-refractivity contribution >= 4 is 21.8 Å². The third-order valence-electron chi connectivity index (χ3n) is 5.47. The Hall–Kier alpha value is -4.44. The van der Waals surface area contributed by atoms with E-state index in [1.54, 1.807) is 36.5 Å². The molecule has 3 aromatic heterocycles. The Balaban J connectivity index is 1.49. The van der Waals surface area contributed by atoms with Crippen molar-refractivity contribution in [3.8, 4) is 28.6 Å². The van der Waals surface area contributed by atoms with Crippen LogP contribution in [-0.2, 0) is 0 Å². The van der Waals surface area contributed by atoms with E-state index in [0.29, 0.717) is 23.5 Å². The number of rotatable bonds is 4. The monoisotopic (exact) mass is 415 g/mol. The fourth-order valence-corrected chi connectivity index (χ4v) is 4.06. The summed E-state index contributed by atoms with van der Waals surface area (Å²) in [6.07, 6.45) is 1.83. The molecule has 6 rings (SSSR count). The molecule has 6 aromatic rings. The normalized spacial score (nSPS) is 12.0. The van der Waals surface area contributed by atoms with Gasteiger partial charge in [0.15, 0.2) is 0 Å². The maximum Gasteiger partial charge on any atom is 0.219 e. The summed E-state index contributed by atoms with van der Waals surface area (Å²) in [4.78, 5) is 8.66. The Morgan fingerprint density at radius 3 is 2.50 bits per heavy atom. The number of hydrogen-bond donors (Lipinski definition) is 0. The van der Waals surface area contributed by atoms with E-state index in [0.717, 1.165) is 32.9 Å². The summed E-state index contributed by atoms with van der Waals surface area (Å²) in [5.41, 5.74) is 4.10. The van der Waals surface area contributed by atoms with E-state index < -0.39 is 0 Å². The molecule has 3 aromatic carbocycles. The van der Waals surface area contributed by atoms with Crippen LogP contribution in [0, 0.1) is 0 Å². The van der Waals surface area contributed by atoms with Gasteiger partial charge in [-0.2, -0.15) is 0 Å². The van der Waals surface area contributed by atoms with E-state index in [2.05, 4.69) is 44.9 Å². The van der Waals surface area contributed by atoms with Crippen LogP contribution < -0.4 is 4.74 Å². The fraction of sp³-hybridized carbons (Fsp3) is 0. The molecule has 0 aliphatic rings. The first-order valence-electron chi connectivity index (χ1n) is 11.3. The molecule has 0 amide bonds. The van der Waals surface area contributed by atoms with Crippen molar-refractivity contribution in [3.63, 3.8) is 0 Å². The SMILES string of the molecule is [2H]c1ccnc(-n2c3ccccc3c3ccc(-c4cccc(Oc5cccc([2H])n5)c4)cc32)c1. The van der Waals surface area contributed by atoms with Crippen molar-refractivity contribution in [3.05, 3.63) is 115 Å². The molecule has 0 saturated carbocycles. The maximum absolute atomic E-state index is 8.08. The number of para-hydroxylation sites is 1. The van der Waals surface area contributed by atoms with Gasteiger partial charge >= 0.3 is 0 Å². The van der Waals surface area contributed by atoms with E-state index in [1.165, 1.54) is 0 Å². The van der Waals surface area contributed by atoms with Gasteiger partial charge in [0.2, 0.25) is 5.88 Å². The average molecular weight is 415 g/mol. The third kappa shape index (κ3) is 3.19. The zero-order chi connectivity index (χ0) is 23.1. The van der Waals surface area contributed by atoms with Gasteiger partial charge in [0.1, 0.15) is 11.6 Å². The van der Waals surface area contributed by atoms with Crippen LogP contribution in [-0.4, -0.2) is 14.5 Å². The van der Waals surface area contributed by atoms with Crippen molar-refractivity contribution in [1.82, 2.24) is 14.5 Å². The highest BCUT2D eigenvalue weighted by atomic mass is 16.5. The molecule has 0 N–H and O–H groups in total. The van der Waals surface area contributed by atoms with Gasteiger partial charge in [0.05, 0.1) is 13.8 Å². The van der Waals surface area contributed by atoms with Gasteiger partial charge in [-0.3, -0.25) is 4.57 Å². The minimum absolute atomic E-state index is 0.164. The number of ether oxygens (including phenoxy) is 1. The zero-order valence-corrected chi connectivity index (χ0v) is 17.1. The van der Waals surface area contributed by atoms with E-state index in [1.807, 2.05) is 36.4 Å². The molecule has 0 bridgehead atoms. The van der Waals surface area contributed by atoms with Gasteiger partial charge in [0, 0.05) is 29.2 Å². The molecule has 0 radical (unpaired) electrons. The van der Waals surface area contributed by atoms with E-state index >= 15 is 0 Å². The summed E-state index contributed by atoms with van der Waals surface area (Å²) >= 11 is 0. The van der Waals surface area contributed by atoms with Crippen LogP contribution in [0.5, 0.6) is 11.6 Å². The number of hydrogen-bond acceptors (Lipinski definition) is 3. The van der Waals surface area contributed by atoms with Gasteiger partial charge in [-0.25, -0.2) is 9.97 Å². The van der Waals surface area contributed by atoms with Crippen LogP contribution >= 0.6 is 0 Å². The van der Waals surface area contributed by atoms with Crippen LogP contribution in [0.3, 0.4) is 0 Å². The van der Waals surface area contributed by atoms with E-state index in [4.69, 9.17) is 7.48 Å². The van der Waals surface area contributed by atoms with Gasteiger partial charge in [-0.05, 0) is 53.6 Å². The number of pyridine rings is 2. The first-order chi connectivity index (χ1) is 16.7. The first-order valence-corrected chi connectivity index (χ1v) is 10.3. The molecule has 152 valence electrons. The van der Waals surface area contributed by atoms with Gasteiger partial charge in [-0.15, -0.1) is 0 Å². The minimum Gasteiger partial charge on any atom is -0.439 e. The fourth-order valence-electron chi connectivity index (χ4n) is 4.06. The van der Waals surface area contributed by atoms with Crippen molar-refractivity contribution in [1.29, 1.82) is 0 Å². The first kappa shape index (κ1) is 16.3. The van der Waals surface area contributed by atoms with Crippen LogP contribution in [0.4, 0.5) is 0 Å². The average Bonchev–Trinajstić information content (AvgIpc) is 3.18. The second-order valence-corrected chi connectivity index (χ2v) is 7.43. The number of nitrogens with zero attached hydrogens (tertiary/aromatic N) is 3. The predicted octanol–water partition coefficient (Wildman–Crippen LogP) is 7.03. The Morgan fingerprint density at radius 1 is 0.688 bits per heavy atom. The Kier molecular flexibility index (Phi) is 3.90. The summed E-state index contributed by atoms with van der Waals surface area (Å²) in [7, 11) is 0. The second-order valence-electron chi connectivity index (χ2n) is 7.43. The molecule has 0 aliphatic carbocycles. The molecular formula is C28H19N3O. The Labute approximate surface area is 188 Å². The highest BCUT2D eigenvalue weighted by Crippen LogP contribution is 2.35. The summed E-state index contributed by atoms with van der Waals surface area (Å²) < 4.78 is 23.8. The van der Waals surface area contributed by atoms with Gasteiger partial charge in [0.25, 0.3) is 0 Å². The van der Waals surface area contributed by atoms with Crippen molar-refractivity contribution < 1.29 is 7.48 Å². The van der Waals surface area contributed by atoms with Gasteiger partial charge in [-0.1, -0.05) is 54.6 Å². The molecule has 0 spiro atoms. The predicted molar refractivity (Wildman–Crippen MR) is 128 cm³/mol. The summed E-state index contributed by atoms with van der Waals surface area (Å²) in [5, 5.41) is 2.26. The smallest absolute Gasteiger partial charge is 0.219 e. The second kappa shape index (κ2) is 7.67. The lowest BCUT2D eigenvalue weighted by molar-refractivity contribution is 0.463. The van der Waals surface area contributed by atoms with Crippen LogP contribution in [0.15, 0.2) is 115 Å². The summed E-state index contributed by atoms with van der Waals surface area (Å²) in [5.74, 6) is 1.76. The van der Waals surface area contributed by atoms with Crippen molar-refractivity contribution in [2.75, 3.05) is 0 Å². The standard InChI is InChI=1S/C28H19N3O/c1-2-11-25-23(10-1)24-15-14-21(19-26(24)31(25)27-12-3-5-16-29-27)20-8-7-9-22(18-20)32-28-13-4-6-17-30-28/h1-19H/i3D,17D. The summed E-state index contributed by atoms with van der Waals surface area (Å²) in [6, 6.07) is 31.4. The molecule has 0 saturated heterocycles. The lowest BCUT2D eigenvalue weighted by atomic mass is 10.0. The molecule has 0 fully saturated rings. The topological polar surface area (TPSA) is 39.9 Å². The molecule has 32 heavy (non-hydrogen) atoms. The number of fused-ring (bicyclic) bond motifs is 3. The molecule has 4 heteroatoms. The quantitative estimate of drug-likeness (QED) is 0.310. The highest BCUT2D eigenvalue weighted by Gasteiger charge is 2.13. The molecule has 4 nitrogen and oxygen atoms in total. The van der Waals surface area contributed by atoms with Crippen LogP contribution in [0.1, 0.15) is 2.74 Å². The molecule has 0 aliphatic heterocycles. The molecule has 3 heterocycles. The highest BCUT2D eigenvalue weighted by molar-refractivity contribution is 6.10. The lowest BCUT2D eigenvalue weighted by Gasteiger charge is -2.09. The van der Waals surface area contributed by atoms with E-state index in [9.17, 15) is 0 Å².